The number of amides is 2. The highest BCUT2D eigenvalue weighted by atomic mass is 16.3. The molecule has 1 aromatic heterocycles. The first kappa shape index (κ1) is 23.6. The van der Waals surface area contributed by atoms with E-state index in [0.717, 1.165) is 11.1 Å². The molecule has 0 fully saturated rings. The lowest BCUT2D eigenvalue weighted by atomic mass is 10.0. The molecule has 0 bridgehead atoms. The van der Waals surface area contributed by atoms with E-state index in [1.165, 1.54) is 6.92 Å². The summed E-state index contributed by atoms with van der Waals surface area (Å²) >= 11 is 0. The van der Waals surface area contributed by atoms with Crippen molar-refractivity contribution >= 4 is 28.6 Å². The third kappa shape index (κ3) is 5.52. The molecule has 2 N–H and O–H groups in total. The lowest BCUT2D eigenvalue weighted by Gasteiger charge is -2.18. The number of carbonyl (C=O) groups is 3. The fourth-order valence-corrected chi connectivity index (χ4v) is 3.76. The van der Waals surface area contributed by atoms with E-state index in [1.54, 1.807) is 48.5 Å². The zero-order valence-corrected chi connectivity index (χ0v) is 19.1. The Morgan fingerprint density at radius 1 is 0.829 bits per heavy atom. The number of nitrogens with one attached hydrogen (secondary N) is 2. The minimum Gasteiger partial charge on any atom is -0.450 e. The normalized spacial score (nSPS) is 11.6. The van der Waals surface area contributed by atoms with Crippen LogP contribution in [-0.4, -0.2) is 23.6 Å². The molecule has 0 spiro atoms. The molecule has 35 heavy (non-hydrogen) atoms. The number of ketones is 1. The molecule has 0 saturated heterocycles. The standard InChI is InChI=1S/C28H24N2O5/c1-18-24(31)21-14-8-9-15-23(21)35-26(18)28(34)30-22(16-19-10-4-2-5-11-19)25(32)27(33)29-17-20-12-6-3-7-13-20/h2-15,22H,16-17H2,1H3,(H,29,33)(H,30,34)/t22-/m0/s1. The Kier molecular flexibility index (Phi) is 7.16. The van der Waals surface area contributed by atoms with Crippen LogP contribution in [0.3, 0.4) is 0 Å². The molecular formula is C28H24N2O5. The number of fused-ring (bicyclic) bond motifs is 1. The molecule has 0 aliphatic rings. The summed E-state index contributed by atoms with van der Waals surface area (Å²) in [4.78, 5) is 51.6. The smallest absolute Gasteiger partial charge is 0.289 e. The van der Waals surface area contributed by atoms with Gasteiger partial charge >= 0.3 is 0 Å². The average Bonchev–Trinajstić information content (AvgIpc) is 2.89. The largest absolute Gasteiger partial charge is 0.450 e. The van der Waals surface area contributed by atoms with Gasteiger partial charge in [0.15, 0.2) is 11.2 Å². The van der Waals surface area contributed by atoms with Crippen LogP contribution in [-0.2, 0) is 22.6 Å². The molecule has 0 unspecified atom stereocenters. The van der Waals surface area contributed by atoms with E-state index in [9.17, 15) is 19.2 Å². The van der Waals surface area contributed by atoms with Gasteiger partial charge in [0.2, 0.25) is 5.78 Å². The zero-order valence-electron chi connectivity index (χ0n) is 19.1. The maximum absolute atomic E-state index is 13.1. The van der Waals surface area contributed by atoms with Crippen LogP contribution in [0.25, 0.3) is 11.0 Å². The molecule has 0 saturated carbocycles. The number of hydrogen-bond acceptors (Lipinski definition) is 5. The van der Waals surface area contributed by atoms with Crippen LogP contribution in [0.4, 0.5) is 0 Å². The number of benzene rings is 3. The van der Waals surface area contributed by atoms with E-state index in [-0.39, 0.29) is 35.3 Å². The molecule has 2 amide bonds. The molecular weight excluding hydrogens is 444 g/mol. The lowest BCUT2D eigenvalue weighted by molar-refractivity contribution is -0.139. The van der Waals surface area contributed by atoms with E-state index >= 15 is 0 Å². The predicted molar refractivity (Wildman–Crippen MR) is 132 cm³/mol. The molecule has 0 aliphatic carbocycles. The Bertz CT molecular complexity index is 1430. The quantitative estimate of drug-likeness (QED) is 0.386. The summed E-state index contributed by atoms with van der Waals surface area (Å²) in [6.07, 6.45) is 0.0982. The van der Waals surface area contributed by atoms with Gasteiger partial charge in [-0.05, 0) is 30.2 Å². The van der Waals surface area contributed by atoms with Gasteiger partial charge in [0.05, 0.1) is 5.39 Å². The summed E-state index contributed by atoms with van der Waals surface area (Å²) in [5.41, 5.74) is 1.66. The van der Waals surface area contributed by atoms with Crippen LogP contribution in [0.15, 0.2) is 94.1 Å². The molecule has 3 aromatic carbocycles. The van der Waals surface area contributed by atoms with Crippen molar-refractivity contribution in [3.05, 3.63) is 118 Å². The van der Waals surface area contributed by atoms with Crippen molar-refractivity contribution in [2.24, 2.45) is 0 Å². The Labute approximate surface area is 201 Å². The van der Waals surface area contributed by atoms with Gasteiger partial charge in [0.25, 0.3) is 11.8 Å². The summed E-state index contributed by atoms with van der Waals surface area (Å²) in [6, 6.07) is 23.7. The van der Waals surface area contributed by atoms with Crippen molar-refractivity contribution in [3.8, 4) is 0 Å². The van der Waals surface area contributed by atoms with Gasteiger partial charge in [0, 0.05) is 18.5 Å². The second-order valence-corrected chi connectivity index (χ2v) is 8.13. The highest BCUT2D eigenvalue weighted by Crippen LogP contribution is 2.16. The Morgan fingerprint density at radius 2 is 1.43 bits per heavy atom. The van der Waals surface area contributed by atoms with Crippen LogP contribution in [0.5, 0.6) is 0 Å². The van der Waals surface area contributed by atoms with Crippen molar-refractivity contribution in [2.45, 2.75) is 25.9 Å². The monoisotopic (exact) mass is 468 g/mol. The van der Waals surface area contributed by atoms with Crippen LogP contribution in [0, 0.1) is 6.92 Å². The number of carbonyl (C=O) groups excluding carboxylic acids is 3. The molecule has 0 radical (unpaired) electrons. The van der Waals surface area contributed by atoms with Gasteiger partial charge in [-0.15, -0.1) is 0 Å². The zero-order chi connectivity index (χ0) is 24.8. The minimum absolute atomic E-state index is 0.0982. The Balaban J connectivity index is 1.58. The summed E-state index contributed by atoms with van der Waals surface area (Å²) in [6.45, 7) is 1.67. The molecule has 7 nitrogen and oxygen atoms in total. The third-order valence-electron chi connectivity index (χ3n) is 5.66. The average molecular weight is 469 g/mol. The SMILES string of the molecule is Cc1c(C(=O)N[C@@H](Cc2ccccc2)C(=O)C(=O)NCc2ccccc2)oc2ccccc2c1=O. The summed E-state index contributed by atoms with van der Waals surface area (Å²) < 4.78 is 5.71. The first-order valence-corrected chi connectivity index (χ1v) is 11.2. The van der Waals surface area contributed by atoms with Crippen LogP contribution >= 0.6 is 0 Å². The second kappa shape index (κ2) is 10.6. The van der Waals surface area contributed by atoms with Crippen molar-refractivity contribution < 1.29 is 18.8 Å². The lowest BCUT2D eigenvalue weighted by Crippen LogP contribution is -2.48. The fraction of sp³-hybridized carbons (Fsp3) is 0.143. The molecule has 4 aromatic rings. The first-order valence-electron chi connectivity index (χ1n) is 11.2. The number of rotatable bonds is 8. The van der Waals surface area contributed by atoms with E-state index in [4.69, 9.17) is 4.42 Å². The maximum atomic E-state index is 13.1. The molecule has 4 rings (SSSR count). The molecule has 176 valence electrons. The number of Topliss-reactive ketones (excluding diaryl/α,β-unsaturated/α-hetero) is 1. The highest BCUT2D eigenvalue weighted by Gasteiger charge is 2.29. The minimum atomic E-state index is -1.16. The fourth-order valence-electron chi connectivity index (χ4n) is 3.76. The Morgan fingerprint density at radius 3 is 2.11 bits per heavy atom. The van der Waals surface area contributed by atoms with Gasteiger partial charge in [0.1, 0.15) is 11.6 Å². The van der Waals surface area contributed by atoms with Gasteiger partial charge < -0.3 is 15.1 Å². The summed E-state index contributed by atoms with van der Waals surface area (Å²) in [7, 11) is 0. The van der Waals surface area contributed by atoms with Crippen molar-refractivity contribution in [1.29, 1.82) is 0 Å². The Hall–Kier alpha value is -4.52. The predicted octanol–water partition coefficient (Wildman–Crippen LogP) is 3.33. The molecule has 7 heteroatoms. The first-order chi connectivity index (χ1) is 16.9. The van der Waals surface area contributed by atoms with Crippen molar-refractivity contribution in [1.82, 2.24) is 10.6 Å². The van der Waals surface area contributed by atoms with Crippen LogP contribution in [0.2, 0.25) is 0 Å². The van der Waals surface area contributed by atoms with E-state index in [0.29, 0.717) is 5.39 Å². The summed E-state index contributed by atoms with van der Waals surface area (Å²) in [5, 5.41) is 5.58. The number of hydrogen-bond donors (Lipinski definition) is 2. The highest BCUT2D eigenvalue weighted by molar-refractivity contribution is 6.38. The van der Waals surface area contributed by atoms with Gasteiger partial charge in [-0.3, -0.25) is 19.2 Å². The van der Waals surface area contributed by atoms with E-state index in [1.807, 2.05) is 36.4 Å². The molecule has 1 heterocycles. The van der Waals surface area contributed by atoms with Gasteiger partial charge in [-0.1, -0.05) is 72.8 Å². The molecule has 0 aliphatic heterocycles. The topological polar surface area (TPSA) is 105 Å². The third-order valence-corrected chi connectivity index (χ3v) is 5.66. The maximum Gasteiger partial charge on any atom is 0.289 e. The summed E-state index contributed by atoms with van der Waals surface area (Å²) in [5.74, 6) is -2.54. The van der Waals surface area contributed by atoms with Crippen molar-refractivity contribution in [2.75, 3.05) is 0 Å². The van der Waals surface area contributed by atoms with Gasteiger partial charge in [-0.2, -0.15) is 0 Å². The van der Waals surface area contributed by atoms with Crippen LogP contribution in [0.1, 0.15) is 27.2 Å². The van der Waals surface area contributed by atoms with Crippen LogP contribution < -0.4 is 16.1 Å². The second-order valence-electron chi connectivity index (χ2n) is 8.13. The molecule has 1 atom stereocenters. The van der Waals surface area contributed by atoms with E-state index < -0.39 is 23.6 Å². The van der Waals surface area contributed by atoms with Gasteiger partial charge in [-0.25, -0.2) is 0 Å². The van der Waals surface area contributed by atoms with E-state index in [2.05, 4.69) is 10.6 Å². The van der Waals surface area contributed by atoms with Crippen molar-refractivity contribution in [3.63, 3.8) is 0 Å². The number of para-hydroxylation sites is 1.